The van der Waals surface area contributed by atoms with Crippen LogP contribution in [0.2, 0.25) is 0 Å². The maximum atomic E-state index is 14.9. The lowest BCUT2D eigenvalue weighted by atomic mass is 9.95. The molecule has 2 aliphatic heterocycles. The number of rotatable bonds is 74. The van der Waals surface area contributed by atoms with Crippen LogP contribution in [-0.4, -0.2) is 176 Å². The number of aliphatic hydroxyl groups is 5. The van der Waals surface area contributed by atoms with Crippen molar-refractivity contribution < 1.29 is 111 Å². The molecule has 10 unspecified atom stereocenters. The minimum absolute atomic E-state index is 0.0963. The van der Waals surface area contributed by atoms with Gasteiger partial charge in [0, 0.05) is 13.1 Å². The molecule has 658 valence electrons. The fraction of sp³-hybridized carbons (Fsp3) is 0.918. The summed E-state index contributed by atoms with van der Waals surface area (Å²) >= 11 is 0. The summed E-state index contributed by atoms with van der Waals surface area (Å²) in [6.45, 7) is 9.70. The summed E-state index contributed by atoms with van der Waals surface area (Å²) < 4.78 is 74.1. The molecule has 0 radical (unpaired) electrons. The number of phosphoric acid groups is 1. The summed E-state index contributed by atoms with van der Waals surface area (Å²) in [5.41, 5.74) is 0. The largest absolute Gasteiger partial charge is 0.470 e. The van der Waals surface area contributed by atoms with Gasteiger partial charge in [0.25, 0.3) is 0 Å². The van der Waals surface area contributed by atoms with Crippen molar-refractivity contribution >= 4 is 45.1 Å². The van der Waals surface area contributed by atoms with Crippen LogP contribution >= 0.6 is 15.4 Å². The fourth-order valence-electron chi connectivity index (χ4n) is 14.8. The summed E-state index contributed by atoms with van der Waals surface area (Å²) in [4.78, 5) is 103. The number of hydrogen-bond acceptors (Lipinski definition) is 20. The van der Waals surface area contributed by atoms with Gasteiger partial charge in [-0.3, -0.25) is 37.6 Å². The van der Waals surface area contributed by atoms with E-state index in [2.05, 4.69) is 57.4 Å². The molecule has 112 heavy (non-hydrogen) atoms. The minimum atomic E-state index is -5.61. The average Bonchev–Trinajstić information content (AvgIpc) is 0.782. The summed E-state index contributed by atoms with van der Waals surface area (Å²) in [6.07, 6.45) is 30.8. The first-order valence-electron chi connectivity index (χ1n) is 44.7. The van der Waals surface area contributed by atoms with Gasteiger partial charge in [-0.25, -0.2) is 4.57 Å². The summed E-state index contributed by atoms with van der Waals surface area (Å²) in [5.74, 6) is -4.32. The molecule has 2 rings (SSSR count). The second kappa shape index (κ2) is 66.9. The Hall–Kier alpha value is -2.97. The molecule has 27 heteroatoms. The van der Waals surface area contributed by atoms with E-state index in [9.17, 15) is 73.3 Å². The van der Waals surface area contributed by atoms with Gasteiger partial charge in [0.05, 0.1) is 57.2 Å². The Morgan fingerprint density at radius 2 is 0.759 bits per heavy atom. The number of esters is 3. The predicted molar refractivity (Wildman–Crippen MR) is 438 cm³/mol. The fourth-order valence-corrected chi connectivity index (χ4v) is 15.9. The van der Waals surface area contributed by atoms with Crippen LogP contribution < -0.4 is 10.6 Å². The van der Waals surface area contributed by atoms with E-state index in [4.69, 9.17) is 37.5 Å². The Bertz CT molecular complexity index is 2490. The number of unbranched alkanes of at least 4 members (excludes halogenated alkanes) is 41. The maximum absolute atomic E-state index is 14.9. The number of nitrogens with one attached hydrogen (secondary N) is 2. The van der Waals surface area contributed by atoms with Crippen LogP contribution in [0.15, 0.2) is 12.2 Å². The zero-order chi connectivity index (χ0) is 82.5. The van der Waals surface area contributed by atoms with Crippen molar-refractivity contribution in [3.63, 3.8) is 0 Å². The number of phosphoric ester groups is 1. The number of amides is 2. The van der Waals surface area contributed by atoms with Crippen LogP contribution in [0.3, 0.4) is 0 Å². The van der Waals surface area contributed by atoms with Gasteiger partial charge in [0.1, 0.15) is 42.6 Å². The maximum Gasteiger partial charge on any atom is 0.470 e. The highest BCUT2D eigenvalue weighted by atomic mass is 31.2. The average molecular weight is 1640 g/mol. The van der Waals surface area contributed by atoms with E-state index in [-0.39, 0.29) is 32.1 Å². The highest BCUT2D eigenvalue weighted by molar-refractivity contribution is 7.51. The normalized spacial score (nSPS) is 21.8. The van der Waals surface area contributed by atoms with Crippen molar-refractivity contribution in [2.24, 2.45) is 0 Å². The van der Waals surface area contributed by atoms with E-state index in [0.29, 0.717) is 32.1 Å². The highest BCUT2D eigenvalue weighted by Crippen LogP contribution is 2.44. The lowest BCUT2D eigenvalue weighted by molar-refractivity contribution is -0.296. The summed E-state index contributed by atoms with van der Waals surface area (Å²) in [5, 5.41) is 62.4. The number of allylic oxidation sites excluding steroid dienone is 2. The van der Waals surface area contributed by atoms with Gasteiger partial charge in [0.15, 0.2) is 24.8 Å². The molecular weight excluding hydrogens is 1480 g/mol. The standard InChI is InChI=1S/C85H160N2O23P2/c1-7-12-17-22-27-32-33-34-35-40-45-50-55-60-75(94)104-70(59-54-49-44-39-31-26-21-16-11-5)64-74(93)87-79-83(108-77(96)63-69(91)58-53-48-43-38-30-25-20-15-10-4)81(109-112(100,101)102)71(65-88)105-84(79)103-66-72-80(97)82(107-76(95)62-68(90)57-52-47-42-37-29-24-19-14-9-3)78(85(106-72)110-111(6,98)99)86-73(92)61-67(89)56-51-46-41-36-28-23-18-13-8-2/h32-33,67-72,78-85,88-91,97H,7-31,34-66H2,1-6H3,(H,86,92)(H,87,93)(H,98,99)(H2,100,101,102)/b33-32-/t67?,68?,69?,70?,71?,72?,78?,79?,80-,81-,82-,83-,84-,85?/m1/s1. The number of hydrogen-bond donors (Lipinski definition) is 10. The van der Waals surface area contributed by atoms with Crippen LogP contribution in [-0.2, 0) is 70.6 Å². The monoisotopic (exact) mass is 1640 g/mol. The third kappa shape index (κ3) is 54.2. The molecule has 2 saturated heterocycles. The van der Waals surface area contributed by atoms with E-state index in [1.54, 1.807) is 0 Å². The molecule has 0 aromatic rings. The van der Waals surface area contributed by atoms with E-state index >= 15 is 0 Å². The molecule has 0 saturated carbocycles. The number of carbonyl (C=O) groups is 5. The first kappa shape index (κ1) is 105. The van der Waals surface area contributed by atoms with E-state index in [1.807, 2.05) is 0 Å². The second-order valence-corrected chi connectivity index (χ2v) is 35.2. The minimum Gasteiger partial charge on any atom is -0.462 e. The summed E-state index contributed by atoms with van der Waals surface area (Å²) in [7, 11) is -10.3. The lowest BCUT2D eigenvalue weighted by Gasteiger charge is -2.47. The molecule has 2 amide bonds. The van der Waals surface area contributed by atoms with Crippen molar-refractivity contribution in [3.05, 3.63) is 12.2 Å². The highest BCUT2D eigenvalue weighted by Gasteiger charge is 2.55. The van der Waals surface area contributed by atoms with Crippen LogP contribution in [0.1, 0.15) is 394 Å². The van der Waals surface area contributed by atoms with Gasteiger partial charge in [0.2, 0.25) is 11.8 Å². The molecule has 2 fully saturated rings. The van der Waals surface area contributed by atoms with Crippen molar-refractivity contribution in [3.8, 4) is 0 Å². The first-order chi connectivity index (χ1) is 53.9. The molecule has 10 N–H and O–H groups in total. The van der Waals surface area contributed by atoms with Crippen LogP contribution in [0.5, 0.6) is 0 Å². The second-order valence-electron chi connectivity index (χ2n) is 32.1. The lowest BCUT2D eigenvalue weighted by Crippen LogP contribution is -2.68. The third-order valence-corrected chi connectivity index (χ3v) is 22.4. The zero-order valence-corrected chi connectivity index (χ0v) is 72.1. The molecule has 0 aromatic carbocycles. The van der Waals surface area contributed by atoms with Crippen molar-refractivity contribution in [2.45, 2.75) is 480 Å². The van der Waals surface area contributed by atoms with Crippen molar-refractivity contribution in [1.82, 2.24) is 10.6 Å². The first-order valence-corrected chi connectivity index (χ1v) is 48.2. The molecule has 0 aliphatic carbocycles. The zero-order valence-electron chi connectivity index (χ0n) is 70.3. The predicted octanol–water partition coefficient (Wildman–Crippen LogP) is 17.4. The van der Waals surface area contributed by atoms with Crippen molar-refractivity contribution in [2.75, 3.05) is 19.9 Å². The van der Waals surface area contributed by atoms with Gasteiger partial charge in [-0.2, -0.15) is 0 Å². The third-order valence-electron chi connectivity index (χ3n) is 21.3. The Morgan fingerprint density at radius 1 is 0.411 bits per heavy atom. The van der Waals surface area contributed by atoms with E-state index in [0.717, 1.165) is 206 Å². The quantitative estimate of drug-likeness (QED) is 0.00889. The number of carbonyl (C=O) groups excluding carboxylic acids is 5. The van der Waals surface area contributed by atoms with Crippen LogP contribution in [0.25, 0.3) is 0 Å². The number of ether oxygens (including phenoxy) is 6. The molecular formula is C85H160N2O23P2. The Labute approximate surface area is 675 Å². The Morgan fingerprint density at radius 3 is 1.17 bits per heavy atom. The van der Waals surface area contributed by atoms with Crippen molar-refractivity contribution in [1.29, 1.82) is 0 Å². The Kier molecular flexibility index (Phi) is 62.8. The Balaban J connectivity index is 2.68. The summed E-state index contributed by atoms with van der Waals surface area (Å²) in [6, 6.07) is -3.62. The molecule has 0 spiro atoms. The van der Waals surface area contributed by atoms with Gasteiger partial charge in [-0.1, -0.05) is 310 Å². The molecule has 0 aromatic heterocycles. The topological polar surface area (TPSA) is 379 Å². The van der Waals surface area contributed by atoms with Gasteiger partial charge < -0.3 is 79.3 Å². The van der Waals surface area contributed by atoms with Gasteiger partial charge in [-0.15, -0.1) is 0 Å². The van der Waals surface area contributed by atoms with Crippen LogP contribution in [0, 0.1) is 0 Å². The molecule has 2 aliphatic rings. The van der Waals surface area contributed by atoms with E-state index < -0.39 is 170 Å². The molecule has 15 atom stereocenters. The molecule has 0 bridgehead atoms. The van der Waals surface area contributed by atoms with Gasteiger partial charge >= 0.3 is 33.3 Å². The van der Waals surface area contributed by atoms with Gasteiger partial charge in [-0.05, 0) is 64.2 Å². The smallest absolute Gasteiger partial charge is 0.462 e. The number of aliphatic hydroxyl groups excluding tert-OH is 5. The molecule has 25 nitrogen and oxygen atoms in total. The van der Waals surface area contributed by atoms with E-state index in [1.165, 1.54) is 70.6 Å². The SMILES string of the molecule is CCCCCC/C=C\CCCCCCCC(=O)OC(CCCCCCCCCCC)CC(=O)NC1[C@H](OCC2OC(OP(C)(=O)O)C(NC(=O)CC(O)CCCCCCCCCCC)[C@@H](OC(=O)CC(O)CCCCCCCCCCC)[C@@H]2O)OC(CO)[C@@H](OP(=O)(O)O)[C@@H]1OC(=O)CC(O)CCCCCCCCCCC. The van der Waals surface area contributed by atoms with Crippen LogP contribution in [0.4, 0.5) is 0 Å². The molecule has 2 heterocycles.